The number of nitrogens with one attached hydrogen (secondary N) is 1. The van der Waals surface area contributed by atoms with E-state index in [1.54, 1.807) is 29.2 Å². The van der Waals surface area contributed by atoms with E-state index < -0.39 is 0 Å². The van der Waals surface area contributed by atoms with Gasteiger partial charge in [-0.1, -0.05) is 47.7 Å². The zero-order chi connectivity index (χ0) is 22.0. The summed E-state index contributed by atoms with van der Waals surface area (Å²) in [4.78, 5) is 25.8. The van der Waals surface area contributed by atoms with Gasteiger partial charge in [0.05, 0.1) is 22.6 Å². The van der Waals surface area contributed by atoms with Gasteiger partial charge in [-0.05, 0) is 54.0 Å². The minimum Gasteiger partial charge on any atom is -0.457 e. The van der Waals surface area contributed by atoms with Crippen LogP contribution in [0.15, 0.2) is 47.4 Å². The number of nitrogens with zero attached hydrogens (tertiary/aromatic N) is 1. The molecule has 2 aliphatic heterocycles. The van der Waals surface area contributed by atoms with Crippen LogP contribution >= 0.6 is 35.6 Å². The first kappa shape index (κ1) is 21.8. The summed E-state index contributed by atoms with van der Waals surface area (Å²) in [5, 5.41) is 3.05. The van der Waals surface area contributed by atoms with E-state index >= 15 is 0 Å². The Morgan fingerprint density at radius 1 is 1.26 bits per heavy atom. The Bertz CT molecular complexity index is 1070. The Morgan fingerprint density at radius 3 is 2.68 bits per heavy atom. The van der Waals surface area contributed by atoms with E-state index in [2.05, 4.69) is 5.32 Å². The third-order valence-corrected chi connectivity index (χ3v) is 6.50. The number of carbonyl (C=O) groups is 2. The second-order valence-corrected chi connectivity index (χ2v) is 9.29. The highest BCUT2D eigenvalue weighted by Crippen LogP contribution is 2.31. The third-order valence-electron chi connectivity index (χ3n) is 5.01. The zero-order valence-electron chi connectivity index (χ0n) is 16.6. The van der Waals surface area contributed by atoms with Crippen LogP contribution in [0.5, 0.6) is 11.5 Å². The highest BCUT2D eigenvalue weighted by Gasteiger charge is 2.25. The molecule has 2 aliphatic rings. The van der Waals surface area contributed by atoms with Crippen molar-refractivity contribution in [2.45, 2.75) is 12.5 Å². The molecule has 2 heterocycles. The van der Waals surface area contributed by atoms with Crippen LogP contribution in [0.3, 0.4) is 0 Å². The van der Waals surface area contributed by atoms with E-state index in [0.717, 1.165) is 5.56 Å². The van der Waals surface area contributed by atoms with Crippen molar-refractivity contribution in [2.75, 3.05) is 20.3 Å². The zero-order valence-corrected chi connectivity index (χ0v) is 19.0. The van der Waals surface area contributed by atoms with E-state index in [9.17, 15) is 9.59 Å². The van der Waals surface area contributed by atoms with Crippen LogP contribution in [0.1, 0.15) is 11.1 Å². The van der Waals surface area contributed by atoms with Gasteiger partial charge >= 0.3 is 0 Å². The number of ether oxygens (including phenoxy) is 2. The molecule has 2 amide bonds. The summed E-state index contributed by atoms with van der Waals surface area (Å²) >= 11 is 12.6. The van der Waals surface area contributed by atoms with Gasteiger partial charge in [-0.25, -0.2) is 0 Å². The summed E-state index contributed by atoms with van der Waals surface area (Å²) in [6, 6.07) is 13.0. The Labute approximate surface area is 194 Å². The molecule has 31 heavy (non-hydrogen) atoms. The van der Waals surface area contributed by atoms with Crippen LogP contribution in [0.25, 0.3) is 6.08 Å². The maximum absolute atomic E-state index is 11.8. The molecule has 9 heteroatoms. The number of rotatable bonds is 5. The molecular weight excluding hydrogens is 456 g/mol. The SMILES string of the molecule is CN1C(=O)COCC1Cc1ccc(Oc2ccc(C=C3SC(=S)NC3=O)c(Cl)c2)cc1. The van der Waals surface area contributed by atoms with Gasteiger partial charge < -0.3 is 19.7 Å². The number of likely N-dealkylation sites (N-methyl/N-ethyl adjacent to an activating group) is 1. The maximum atomic E-state index is 11.8. The van der Waals surface area contributed by atoms with Gasteiger partial charge in [0.15, 0.2) is 0 Å². The van der Waals surface area contributed by atoms with Gasteiger partial charge in [-0.3, -0.25) is 9.59 Å². The molecule has 0 aliphatic carbocycles. The third kappa shape index (κ3) is 5.27. The summed E-state index contributed by atoms with van der Waals surface area (Å²) in [6.45, 7) is 0.686. The quantitative estimate of drug-likeness (QED) is 0.521. The topological polar surface area (TPSA) is 67.9 Å². The van der Waals surface area contributed by atoms with Gasteiger partial charge in [0.2, 0.25) is 5.91 Å². The van der Waals surface area contributed by atoms with E-state index in [-0.39, 0.29) is 24.5 Å². The van der Waals surface area contributed by atoms with Gasteiger partial charge in [-0.15, -0.1) is 0 Å². The average Bonchev–Trinajstić information content (AvgIpc) is 3.06. The summed E-state index contributed by atoms with van der Waals surface area (Å²) in [5.41, 5.74) is 1.80. The fraction of sp³-hybridized carbons (Fsp3) is 0.227. The molecule has 0 aromatic heterocycles. The molecule has 160 valence electrons. The normalized spacial score (nSPS) is 20.3. The number of benzene rings is 2. The highest BCUT2D eigenvalue weighted by molar-refractivity contribution is 8.26. The first-order valence-electron chi connectivity index (χ1n) is 9.53. The number of amides is 2. The van der Waals surface area contributed by atoms with Gasteiger partial charge in [0.1, 0.15) is 22.4 Å². The van der Waals surface area contributed by atoms with Crippen molar-refractivity contribution in [3.8, 4) is 11.5 Å². The van der Waals surface area contributed by atoms with Crippen LogP contribution in [0.4, 0.5) is 0 Å². The Balaban J connectivity index is 1.41. The number of carbonyl (C=O) groups excluding carboxylic acids is 2. The number of hydrogen-bond donors (Lipinski definition) is 1. The Kier molecular flexibility index (Phi) is 6.62. The first-order chi connectivity index (χ1) is 14.9. The van der Waals surface area contributed by atoms with E-state index in [1.807, 2.05) is 31.3 Å². The minimum atomic E-state index is -0.221. The molecule has 1 N–H and O–H groups in total. The Morgan fingerprint density at radius 2 is 2.00 bits per heavy atom. The molecule has 0 spiro atoms. The fourth-order valence-electron chi connectivity index (χ4n) is 3.25. The molecule has 2 aromatic carbocycles. The van der Waals surface area contributed by atoms with E-state index in [4.69, 9.17) is 33.3 Å². The van der Waals surface area contributed by atoms with Crippen molar-refractivity contribution in [1.82, 2.24) is 10.2 Å². The standard InChI is InChI=1S/C22H19ClN2O4S2/c1-25-15(11-28-12-20(25)26)8-13-2-5-16(6-3-13)29-17-7-4-14(18(23)10-17)9-19-21(27)24-22(30)31-19/h2-7,9-10,15H,8,11-12H2,1H3,(H,24,27,30). The number of thioether (sulfide) groups is 1. The number of morpholine rings is 1. The van der Waals surface area contributed by atoms with Crippen molar-refractivity contribution in [3.05, 3.63) is 63.5 Å². The van der Waals surface area contributed by atoms with Crippen LogP contribution in [0.2, 0.25) is 5.02 Å². The van der Waals surface area contributed by atoms with Crippen LogP contribution in [-0.2, 0) is 20.7 Å². The van der Waals surface area contributed by atoms with Crippen molar-refractivity contribution in [2.24, 2.45) is 0 Å². The van der Waals surface area contributed by atoms with Crippen LogP contribution in [-0.4, -0.2) is 47.3 Å². The van der Waals surface area contributed by atoms with E-state index in [0.29, 0.717) is 44.3 Å². The van der Waals surface area contributed by atoms with E-state index in [1.165, 1.54) is 11.8 Å². The Hall–Kier alpha value is -2.39. The smallest absolute Gasteiger partial charge is 0.263 e. The molecule has 0 saturated carbocycles. The van der Waals surface area contributed by atoms with Crippen molar-refractivity contribution < 1.29 is 19.1 Å². The lowest BCUT2D eigenvalue weighted by molar-refractivity contribution is -0.145. The lowest BCUT2D eigenvalue weighted by Gasteiger charge is -2.32. The minimum absolute atomic E-state index is 0.00189. The molecule has 1 atom stereocenters. The molecular formula is C22H19ClN2O4S2. The van der Waals surface area contributed by atoms with Crippen molar-refractivity contribution in [3.63, 3.8) is 0 Å². The lowest BCUT2D eigenvalue weighted by atomic mass is 10.0. The predicted octanol–water partition coefficient (Wildman–Crippen LogP) is 4.02. The van der Waals surface area contributed by atoms with Crippen molar-refractivity contribution >= 4 is 57.8 Å². The molecule has 2 saturated heterocycles. The number of halogens is 1. The summed E-state index contributed by atoms with van der Waals surface area (Å²) in [7, 11) is 1.81. The maximum Gasteiger partial charge on any atom is 0.263 e. The molecule has 2 aromatic rings. The van der Waals surface area contributed by atoms with Gasteiger partial charge in [0, 0.05) is 7.05 Å². The molecule has 0 bridgehead atoms. The summed E-state index contributed by atoms with van der Waals surface area (Å²) in [6.07, 6.45) is 2.42. The van der Waals surface area contributed by atoms with Crippen molar-refractivity contribution in [1.29, 1.82) is 0 Å². The second-order valence-electron chi connectivity index (χ2n) is 7.16. The number of hydrogen-bond acceptors (Lipinski definition) is 6. The summed E-state index contributed by atoms with van der Waals surface area (Å²) < 4.78 is 11.7. The monoisotopic (exact) mass is 474 g/mol. The molecule has 6 nitrogen and oxygen atoms in total. The van der Waals surface area contributed by atoms with Gasteiger partial charge in [-0.2, -0.15) is 0 Å². The molecule has 1 unspecified atom stereocenters. The molecule has 4 rings (SSSR count). The molecule has 0 radical (unpaired) electrons. The summed E-state index contributed by atoms with van der Waals surface area (Å²) in [5.74, 6) is 1.04. The highest BCUT2D eigenvalue weighted by atomic mass is 35.5. The average molecular weight is 475 g/mol. The molecule has 2 fully saturated rings. The van der Waals surface area contributed by atoms with Crippen LogP contribution in [0, 0.1) is 0 Å². The largest absolute Gasteiger partial charge is 0.457 e. The van der Waals surface area contributed by atoms with Gasteiger partial charge in [0.25, 0.3) is 5.91 Å². The number of thiocarbonyl (C=S) groups is 1. The second kappa shape index (κ2) is 9.40. The predicted molar refractivity (Wildman–Crippen MR) is 125 cm³/mol. The van der Waals surface area contributed by atoms with Crippen LogP contribution < -0.4 is 10.1 Å². The first-order valence-corrected chi connectivity index (χ1v) is 11.1. The fourth-order valence-corrected chi connectivity index (χ4v) is 4.51. The lowest BCUT2D eigenvalue weighted by Crippen LogP contribution is -2.47.